The van der Waals surface area contributed by atoms with E-state index in [4.69, 9.17) is 13.0 Å². The van der Waals surface area contributed by atoms with Gasteiger partial charge in [-0.15, -0.1) is 0 Å². The summed E-state index contributed by atoms with van der Waals surface area (Å²) in [5, 5.41) is 0. The maximum Gasteiger partial charge on any atom is 1.00 e. The Bertz CT molecular complexity index is 57.2. The third-order valence-corrected chi connectivity index (χ3v) is 0. The van der Waals surface area contributed by atoms with Crippen molar-refractivity contribution in [1.82, 2.24) is 0 Å². The average Bonchev–Trinajstić information content (AvgIpc) is 0.811. The molecule has 0 bridgehead atoms. The van der Waals surface area contributed by atoms with Gasteiger partial charge in [0.15, 0.2) is 0 Å². The zero-order valence-electron chi connectivity index (χ0n) is 3.63. The van der Waals surface area contributed by atoms with Crippen LogP contribution >= 0.6 is 0 Å². The summed E-state index contributed by atoms with van der Waals surface area (Å²) < 4.78 is 25.3. The molecule has 0 aliphatic heterocycles. The van der Waals surface area contributed by atoms with E-state index in [1.165, 1.54) is 0 Å². The van der Waals surface area contributed by atoms with Gasteiger partial charge in [-0.2, -0.15) is 11.0 Å². The molecule has 0 atom stereocenters. The van der Waals surface area contributed by atoms with Crippen molar-refractivity contribution in [3.63, 3.8) is 0 Å². The molecule has 0 saturated heterocycles. The van der Waals surface area contributed by atoms with Gasteiger partial charge in [0.1, 0.15) is 0 Å². The second-order valence-electron chi connectivity index (χ2n) is 0.204. The van der Waals surface area contributed by atoms with Crippen LogP contribution in [0.15, 0.2) is 0 Å². The van der Waals surface area contributed by atoms with Gasteiger partial charge in [-0.1, -0.05) is 0 Å². The molecule has 0 heterocycles. The van der Waals surface area contributed by atoms with E-state index in [1.807, 2.05) is 0 Å². The van der Waals surface area contributed by atoms with E-state index in [0.29, 0.717) is 0 Å². The van der Waals surface area contributed by atoms with Gasteiger partial charge in [0.2, 0.25) is 0 Å². The van der Waals surface area contributed by atoms with E-state index in [9.17, 15) is 0 Å². The molecule has 0 rings (SSSR count). The Hall–Kier alpha value is 3.18. The minimum absolute atomic E-state index is 0. The first-order chi connectivity index (χ1) is 1.73. The smallest absolute Gasteiger partial charge is 0.917 e. The first-order valence-electron chi connectivity index (χ1n) is 0.500. The third kappa shape index (κ3) is 27.1. The standard InChI is InChI=1S/2K.O3S/c;;1-4(2)3/q2*+1;-2. The van der Waals surface area contributed by atoms with Gasteiger partial charge in [0.25, 0.3) is 0 Å². The van der Waals surface area contributed by atoms with Crippen molar-refractivity contribution in [1.29, 1.82) is 0 Å². The van der Waals surface area contributed by atoms with Crippen LogP contribution in [0.2, 0.25) is 0 Å². The monoisotopic (exact) mass is 158 g/mol. The van der Waals surface area contributed by atoms with E-state index in [1.54, 1.807) is 0 Å². The van der Waals surface area contributed by atoms with Gasteiger partial charge in [-0.25, -0.2) is 0 Å². The Balaban J connectivity index is -0.0000000450. The Morgan fingerprint density at radius 1 is 1.17 bits per heavy atom. The molecule has 0 fully saturated rings. The molecule has 0 aromatic heterocycles. The molecule has 0 aromatic rings. The van der Waals surface area contributed by atoms with Gasteiger partial charge in [0, 0.05) is 0 Å². The molecule has 0 aliphatic rings. The zero-order valence-corrected chi connectivity index (χ0v) is 10.7. The van der Waals surface area contributed by atoms with Crippen LogP contribution in [0.25, 0.3) is 0 Å². The van der Waals surface area contributed by atoms with Crippen LogP contribution in [0.5, 0.6) is 0 Å². The normalized spacial score (nSPS) is 5.67. The molecule has 6 heteroatoms. The molecule has 0 radical (unpaired) electrons. The summed E-state index contributed by atoms with van der Waals surface area (Å²) in [4.78, 5) is 0. The molecule has 0 amide bonds. The summed E-state index contributed by atoms with van der Waals surface area (Å²) >= 11 is 0. The molecular formula is K2O3S. The van der Waals surface area contributed by atoms with Crippen molar-refractivity contribution >= 4 is 11.0 Å². The largest absolute Gasteiger partial charge is 1.00 e. The SMILES string of the molecule is O=[S-](=O)[O-].[K+].[K+]. The Kier molecular flexibility index (Phi) is 29.6. The topological polar surface area (TPSA) is 57.2 Å². The maximum absolute atomic E-state index is 8.44. The number of hydrogen-bond acceptors (Lipinski definition) is 4. The number of rotatable bonds is 0. The van der Waals surface area contributed by atoms with E-state index in [2.05, 4.69) is 0 Å². The van der Waals surface area contributed by atoms with E-state index < -0.39 is 11.0 Å². The first kappa shape index (κ1) is 16.1. The molecule has 26 valence electrons. The molecule has 0 unspecified atom stereocenters. The van der Waals surface area contributed by atoms with Gasteiger partial charge in [-0.05, 0) is 0 Å². The van der Waals surface area contributed by atoms with Crippen molar-refractivity contribution in [2.45, 2.75) is 0 Å². The summed E-state index contributed by atoms with van der Waals surface area (Å²) in [6.07, 6.45) is 0. The molecule has 6 heavy (non-hydrogen) atoms. The molecule has 0 N–H and O–H groups in total. The molecule has 0 saturated carbocycles. The van der Waals surface area contributed by atoms with Crippen molar-refractivity contribution in [2.24, 2.45) is 0 Å². The minimum Gasteiger partial charge on any atom is -0.917 e. The third-order valence-electron chi connectivity index (χ3n) is 0. The molecule has 3 nitrogen and oxygen atoms in total. The zero-order chi connectivity index (χ0) is 3.58. The van der Waals surface area contributed by atoms with E-state index in [0.717, 1.165) is 0 Å². The summed E-state index contributed by atoms with van der Waals surface area (Å²) in [7, 11) is -3.11. The Labute approximate surface area is 123 Å². The van der Waals surface area contributed by atoms with Gasteiger partial charge in [-0.3, -0.25) is 0 Å². The fraction of sp³-hybridized carbons (Fsp3) is 0. The second-order valence-corrected chi connectivity index (χ2v) is 0.612. The van der Waals surface area contributed by atoms with Crippen LogP contribution < -0.4 is 103 Å². The van der Waals surface area contributed by atoms with Crippen LogP contribution in [0, 0.1) is 0 Å². The van der Waals surface area contributed by atoms with Crippen molar-refractivity contribution in [2.75, 3.05) is 0 Å². The summed E-state index contributed by atoms with van der Waals surface area (Å²) in [5.41, 5.74) is 0. The van der Waals surface area contributed by atoms with E-state index >= 15 is 0 Å². The average molecular weight is 158 g/mol. The molecule has 0 aliphatic carbocycles. The van der Waals surface area contributed by atoms with Crippen LogP contribution in [0.1, 0.15) is 0 Å². The summed E-state index contributed by atoms with van der Waals surface area (Å²) in [5.74, 6) is 0. The Morgan fingerprint density at radius 3 is 1.17 bits per heavy atom. The van der Waals surface area contributed by atoms with Crippen molar-refractivity contribution < 1.29 is 116 Å². The molecule has 0 spiro atoms. The minimum atomic E-state index is -3.11. The van der Waals surface area contributed by atoms with Gasteiger partial charge in [0.05, 0.1) is 0 Å². The van der Waals surface area contributed by atoms with E-state index in [-0.39, 0.29) is 103 Å². The molecule has 0 aromatic carbocycles. The van der Waals surface area contributed by atoms with Crippen molar-refractivity contribution in [3.05, 3.63) is 0 Å². The van der Waals surface area contributed by atoms with Crippen molar-refractivity contribution in [3.8, 4) is 0 Å². The van der Waals surface area contributed by atoms with Gasteiger partial charge < -0.3 is 13.0 Å². The maximum atomic E-state index is 8.44. The second kappa shape index (κ2) is 11.0. The van der Waals surface area contributed by atoms with Gasteiger partial charge >= 0.3 is 103 Å². The first-order valence-corrected chi connectivity index (χ1v) is 1.50. The summed E-state index contributed by atoms with van der Waals surface area (Å²) in [6, 6.07) is 0. The predicted octanol–water partition coefficient (Wildman–Crippen LogP) is -6.57. The quantitative estimate of drug-likeness (QED) is 0.152. The fourth-order valence-electron chi connectivity index (χ4n) is 0. The Morgan fingerprint density at radius 2 is 1.17 bits per heavy atom. The molecular weight excluding hydrogens is 158 g/mol. The number of hydrogen-bond donors (Lipinski definition) is 0. The van der Waals surface area contributed by atoms with Crippen LogP contribution in [0.3, 0.4) is 0 Å². The fourth-order valence-corrected chi connectivity index (χ4v) is 0. The summed E-state index contributed by atoms with van der Waals surface area (Å²) in [6.45, 7) is 0. The van der Waals surface area contributed by atoms with Crippen LogP contribution in [-0.2, 0) is 19.4 Å². The van der Waals surface area contributed by atoms with Crippen LogP contribution in [-0.4, -0.2) is 4.55 Å². The van der Waals surface area contributed by atoms with Crippen LogP contribution in [0.4, 0.5) is 0 Å². The predicted molar refractivity (Wildman–Crippen MR) is 9.52 cm³/mol.